The van der Waals surface area contributed by atoms with Crippen LogP contribution in [0.15, 0.2) is 0 Å². The van der Waals surface area contributed by atoms with Gasteiger partial charge in [-0.25, -0.2) is 0 Å². The van der Waals surface area contributed by atoms with Crippen molar-refractivity contribution >= 4 is 17.8 Å². The van der Waals surface area contributed by atoms with Crippen LogP contribution in [-0.4, -0.2) is 48.9 Å². The van der Waals surface area contributed by atoms with E-state index in [1.54, 1.807) is 4.90 Å². The van der Waals surface area contributed by atoms with E-state index in [4.69, 9.17) is 0 Å². The highest BCUT2D eigenvalue weighted by molar-refractivity contribution is 5.91. The number of rotatable bonds is 3. The zero-order valence-corrected chi connectivity index (χ0v) is 12.0. The third-order valence-electron chi connectivity index (χ3n) is 3.09. The van der Waals surface area contributed by atoms with Gasteiger partial charge in [0.1, 0.15) is 12.6 Å². The maximum Gasteiger partial charge on any atom is 0.325 e. The fourth-order valence-corrected chi connectivity index (χ4v) is 2.06. The zero-order valence-electron chi connectivity index (χ0n) is 12.0. The predicted octanol–water partition coefficient (Wildman–Crippen LogP) is 0.313. The number of nitrogens with one attached hydrogen (secondary N) is 1. The average molecular weight is 270 g/mol. The fraction of sp³-hybridized carbons (Fsp3) is 0.769. The van der Waals surface area contributed by atoms with Crippen molar-refractivity contribution in [3.63, 3.8) is 0 Å². The van der Waals surface area contributed by atoms with Crippen molar-refractivity contribution in [2.45, 2.75) is 39.7 Å². The molecule has 0 aromatic carbocycles. The van der Waals surface area contributed by atoms with Gasteiger partial charge in [0.25, 0.3) is 0 Å². The van der Waals surface area contributed by atoms with Gasteiger partial charge in [0, 0.05) is 12.0 Å². The van der Waals surface area contributed by atoms with Crippen molar-refractivity contribution in [1.82, 2.24) is 10.2 Å². The summed E-state index contributed by atoms with van der Waals surface area (Å²) in [5.74, 6) is -0.830. The molecule has 1 rings (SSSR count). The van der Waals surface area contributed by atoms with E-state index in [2.05, 4.69) is 10.1 Å². The molecular weight excluding hydrogens is 248 g/mol. The number of hydrogen-bond donors (Lipinski definition) is 1. The molecule has 0 bridgehead atoms. The summed E-state index contributed by atoms with van der Waals surface area (Å²) in [7, 11) is 1.26. The van der Waals surface area contributed by atoms with Gasteiger partial charge in [-0.1, -0.05) is 20.8 Å². The van der Waals surface area contributed by atoms with Gasteiger partial charge in [-0.15, -0.1) is 0 Å². The van der Waals surface area contributed by atoms with E-state index >= 15 is 0 Å². The highest BCUT2D eigenvalue weighted by Crippen LogP contribution is 2.25. The van der Waals surface area contributed by atoms with E-state index < -0.39 is 17.4 Å². The molecule has 108 valence electrons. The van der Waals surface area contributed by atoms with Crippen molar-refractivity contribution in [2.75, 3.05) is 20.2 Å². The Kier molecular flexibility index (Phi) is 4.91. The molecule has 0 aromatic heterocycles. The first-order valence-corrected chi connectivity index (χ1v) is 6.43. The van der Waals surface area contributed by atoms with E-state index in [9.17, 15) is 14.4 Å². The van der Waals surface area contributed by atoms with Crippen LogP contribution in [0.25, 0.3) is 0 Å². The van der Waals surface area contributed by atoms with E-state index in [1.165, 1.54) is 7.11 Å². The summed E-state index contributed by atoms with van der Waals surface area (Å²) in [5, 5.41) is 2.50. The normalized spacial score (nSPS) is 19.2. The largest absolute Gasteiger partial charge is 0.468 e. The number of esters is 1. The smallest absolute Gasteiger partial charge is 0.325 e. The Morgan fingerprint density at radius 1 is 1.32 bits per heavy atom. The average Bonchev–Trinajstić information content (AvgIpc) is 2.82. The second-order valence-electron chi connectivity index (χ2n) is 5.70. The van der Waals surface area contributed by atoms with Crippen molar-refractivity contribution < 1.29 is 19.1 Å². The first-order valence-electron chi connectivity index (χ1n) is 6.43. The molecule has 0 aliphatic carbocycles. The molecule has 0 spiro atoms. The minimum absolute atomic E-state index is 0.0387. The molecule has 6 nitrogen and oxygen atoms in total. The van der Waals surface area contributed by atoms with Crippen LogP contribution in [0.1, 0.15) is 33.6 Å². The van der Waals surface area contributed by atoms with Gasteiger partial charge >= 0.3 is 5.97 Å². The number of nitrogens with zero attached hydrogens (tertiary/aromatic N) is 1. The summed E-state index contributed by atoms with van der Waals surface area (Å²) >= 11 is 0. The summed E-state index contributed by atoms with van der Waals surface area (Å²) < 4.78 is 4.46. The second kappa shape index (κ2) is 6.04. The van der Waals surface area contributed by atoms with Crippen LogP contribution in [-0.2, 0) is 19.1 Å². The first-order chi connectivity index (χ1) is 8.77. The molecule has 1 aliphatic heterocycles. The maximum absolute atomic E-state index is 12.2. The lowest BCUT2D eigenvalue weighted by Crippen LogP contribution is -2.50. The minimum atomic E-state index is -0.509. The molecular formula is C13H22N2O4. The summed E-state index contributed by atoms with van der Waals surface area (Å²) in [5.41, 5.74) is -0.509. The third-order valence-corrected chi connectivity index (χ3v) is 3.09. The Balaban J connectivity index is 2.63. The van der Waals surface area contributed by atoms with Crippen LogP contribution in [0, 0.1) is 5.41 Å². The molecule has 2 amide bonds. The Hall–Kier alpha value is -1.59. The minimum Gasteiger partial charge on any atom is -0.468 e. The Morgan fingerprint density at radius 3 is 2.47 bits per heavy atom. The lowest BCUT2D eigenvalue weighted by Gasteiger charge is -2.30. The van der Waals surface area contributed by atoms with Crippen molar-refractivity contribution in [2.24, 2.45) is 5.41 Å². The van der Waals surface area contributed by atoms with E-state index in [-0.39, 0.29) is 18.4 Å². The lowest BCUT2D eigenvalue weighted by atomic mass is 9.94. The van der Waals surface area contributed by atoms with Gasteiger partial charge in [-0.05, 0) is 12.8 Å². The van der Waals surface area contributed by atoms with E-state index in [0.29, 0.717) is 13.0 Å². The molecule has 6 heteroatoms. The molecule has 1 heterocycles. The number of carbonyl (C=O) groups is 3. The number of amides is 2. The molecule has 1 fully saturated rings. The van der Waals surface area contributed by atoms with E-state index in [1.807, 2.05) is 20.8 Å². The first kappa shape index (κ1) is 15.5. The number of likely N-dealkylation sites (tertiary alicyclic amines) is 1. The Labute approximate surface area is 113 Å². The molecule has 0 aromatic rings. The van der Waals surface area contributed by atoms with Crippen LogP contribution in [0.4, 0.5) is 0 Å². The molecule has 1 aliphatic rings. The van der Waals surface area contributed by atoms with Gasteiger partial charge in [0.2, 0.25) is 11.8 Å². The topological polar surface area (TPSA) is 75.7 Å². The summed E-state index contributed by atoms with van der Waals surface area (Å²) in [6, 6.07) is -0.476. The van der Waals surface area contributed by atoms with Gasteiger partial charge in [0.05, 0.1) is 7.11 Å². The Bertz CT molecular complexity index is 373. The molecule has 1 unspecified atom stereocenters. The van der Waals surface area contributed by atoms with Gasteiger partial charge in [-0.2, -0.15) is 0 Å². The predicted molar refractivity (Wildman–Crippen MR) is 69.2 cm³/mol. The summed E-state index contributed by atoms with van der Waals surface area (Å²) in [6.07, 6.45) is 1.44. The van der Waals surface area contributed by atoms with Crippen molar-refractivity contribution in [3.05, 3.63) is 0 Å². The number of hydrogen-bond acceptors (Lipinski definition) is 4. The number of methoxy groups -OCH3 is 1. The standard InChI is InChI=1S/C13H22N2O4/c1-13(2,3)12(18)15-7-5-6-9(15)11(17)14-8-10(16)19-4/h9H,5-8H2,1-4H3,(H,14,17). The highest BCUT2D eigenvalue weighted by atomic mass is 16.5. The second-order valence-corrected chi connectivity index (χ2v) is 5.70. The molecule has 0 saturated carbocycles. The number of carbonyl (C=O) groups excluding carboxylic acids is 3. The van der Waals surface area contributed by atoms with Gasteiger partial charge in [0.15, 0.2) is 0 Å². The zero-order chi connectivity index (χ0) is 14.6. The molecule has 0 radical (unpaired) electrons. The molecule has 1 atom stereocenters. The molecule has 1 N–H and O–H groups in total. The van der Waals surface area contributed by atoms with Gasteiger partial charge < -0.3 is 15.0 Å². The fourth-order valence-electron chi connectivity index (χ4n) is 2.06. The molecule has 1 saturated heterocycles. The lowest BCUT2D eigenvalue weighted by molar-refractivity contribution is -0.145. The monoisotopic (exact) mass is 270 g/mol. The van der Waals surface area contributed by atoms with Crippen LogP contribution in [0.2, 0.25) is 0 Å². The van der Waals surface area contributed by atoms with E-state index in [0.717, 1.165) is 6.42 Å². The van der Waals surface area contributed by atoms with Crippen molar-refractivity contribution in [1.29, 1.82) is 0 Å². The van der Waals surface area contributed by atoms with Crippen LogP contribution in [0.3, 0.4) is 0 Å². The summed E-state index contributed by atoms with van der Waals surface area (Å²) in [6.45, 7) is 5.92. The number of ether oxygens (including phenoxy) is 1. The summed E-state index contributed by atoms with van der Waals surface area (Å²) in [4.78, 5) is 36.8. The molecule has 19 heavy (non-hydrogen) atoms. The Morgan fingerprint density at radius 2 is 1.95 bits per heavy atom. The third kappa shape index (κ3) is 3.94. The van der Waals surface area contributed by atoms with Crippen LogP contribution < -0.4 is 5.32 Å². The van der Waals surface area contributed by atoms with Crippen LogP contribution in [0.5, 0.6) is 0 Å². The van der Waals surface area contributed by atoms with Crippen LogP contribution >= 0.6 is 0 Å². The quantitative estimate of drug-likeness (QED) is 0.749. The van der Waals surface area contributed by atoms with Crippen molar-refractivity contribution in [3.8, 4) is 0 Å². The SMILES string of the molecule is COC(=O)CNC(=O)C1CCCN1C(=O)C(C)(C)C. The maximum atomic E-state index is 12.2. The van der Waals surface area contributed by atoms with Gasteiger partial charge in [-0.3, -0.25) is 14.4 Å². The highest BCUT2D eigenvalue weighted by Gasteiger charge is 2.38.